The van der Waals surface area contributed by atoms with Gasteiger partial charge < -0.3 is 11.1 Å². The molecule has 1 saturated heterocycles. The van der Waals surface area contributed by atoms with E-state index in [0.717, 1.165) is 48.2 Å². The molecular formula is C16H21N5O. The summed E-state index contributed by atoms with van der Waals surface area (Å²) in [5, 5.41) is 14.3. The van der Waals surface area contributed by atoms with Gasteiger partial charge in [0.25, 0.3) is 0 Å². The molecule has 0 radical (unpaired) electrons. The fourth-order valence-electron chi connectivity index (χ4n) is 2.99. The highest BCUT2D eigenvalue weighted by atomic mass is 16.1. The van der Waals surface area contributed by atoms with E-state index in [1.54, 1.807) is 0 Å². The van der Waals surface area contributed by atoms with E-state index in [9.17, 15) is 4.79 Å². The van der Waals surface area contributed by atoms with Gasteiger partial charge in [0, 0.05) is 29.9 Å². The SMILES string of the molecule is Cc1nnc(NC2CCN(CC(N)=O)CC2)c2ccccc12. The number of nitrogens with zero attached hydrogens (tertiary/aromatic N) is 3. The van der Waals surface area contributed by atoms with Crippen molar-refractivity contribution < 1.29 is 4.79 Å². The van der Waals surface area contributed by atoms with Crippen LogP contribution >= 0.6 is 0 Å². The largest absolute Gasteiger partial charge is 0.369 e. The summed E-state index contributed by atoms with van der Waals surface area (Å²) in [5.41, 5.74) is 6.19. The Morgan fingerprint density at radius 2 is 1.95 bits per heavy atom. The van der Waals surface area contributed by atoms with Gasteiger partial charge in [-0.2, -0.15) is 5.10 Å². The van der Waals surface area contributed by atoms with Crippen molar-refractivity contribution in [1.82, 2.24) is 15.1 Å². The molecule has 1 aromatic heterocycles. The zero-order chi connectivity index (χ0) is 15.5. The summed E-state index contributed by atoms with van der Waals surface area (Å²) in [6, 6.07) is 8.53. The number of benzene rings is 1. The molecule has 1 aliphatic rings. The fraction of sp³-hybridized carbons (Fsp3) is 0.438. The highest BCUT2D eigenvalue weighted by Gasteiger charge is 2.21. The lowest BCUT2D eigenvalue weighted by atomic mass is 10.0. The molecule has 0 bridgehead atoms. The number of amides is 1. The predicted octanol–water partition coefficient (Wildman–Crippen LogP) is 1.30. The van der Waals surface area contributed by atoms with Gasteiger partial charge in [-0.25, -0.2) is 0 Å². The van der Waals surface area contributed by atoms with Gasteiger partial charge >= 0.3 is 0 Å². The van der Waals surface area contributed by atoms with Gasteiger partial charge in [0.15, 0.2) is 5.82 Å². The van der Waals surface area contributed by atoms with Crippen LogP contribution in [0.1, 0.15) is 18.5 Å². The van der Waals surface area contributed by atoms with Crippen molar-refractivity contribution in [2.45, 2.75) is 25.8 Å². The van der Waals surface area contributed by atoms with E-state index in [4.69, 9.17) is 5.73 Å². The van der Waals surface area contributed by atoms with E-state index < -0.39 is 0 Å². The van der Waals surface area contributed by atoms with Crippen LogP contribution in [0.4, 0.5) is 5.82 Å². The third kappa shape index (κ3) is 3.17. The third-order valence-corrected chi connectivity index (χ3v) is 4.18. The molecular weight excluding hydrogens is 278 g/mol. The van der Waals surface area contributed by atoms with E-state index in [2.05, 4.69) is 32.5 Å². The molecule has 1 aliphatic heterocycles. The molecule has 1 amide bonds. The maximum absolute atomic E-state index is 11.0. The van der Waals surface area contributed by atoms with Crippen molar-refractivity contribution in [3.63, 3.8) is 0 Å². The molecule has 3 N–H and O–H groups in total. The second kappa shape index (κ2) is 6.27. The molecule has 22 heavy (non-hydrogen) atoms. The van der Waals surface area contributed by atoms with E-state index in [-0.39, 0.29) is 5.91 Å². The average Bonchev–Trinajstić information content (AvgIpc) is 2.52. The van der Waals surface area contributed by atoms with Gasteiger partial charge in [0.2, 0.25) is 5.91 Å². The molecule has 1 aromatic carbocycles. The number of anilines is 1. The Bertz CT molecular complexity index is 679. The summed E-state index contributed by atoms with van der Waals surface area (Å²) in [4.78, 5) is 13.1. The first kappa shape index (κ1) is 14.7. The Morgan fingerprint density at radius 1 is 1.27 bits per heavy atom. The van der Waals surface area contributed by atoms with Crippen LogP contribution in [-0.4, -0.2) is 46.7 Å². The number of carbonyl (C=O) groups excluding carboxylic acids is 1. The summed E-state index contributed by atoms with van der Waals surface area (Å²) < 4.78 is 0. The molecule has 1 fully saturated rings. The predicted molar refractivity (Wildman–Crippen MR) is 86.6 cm³/mol. The monoisotopic (exact) mass is 299 g/mol. The summed E-state index contributed by atoms with van der Waals surface area (Å²) in [6.45, 7) is 4.07. The van der Waals surface area contributed by atoms with Crippen LogP contribution < -0.4 is 11.1 Å². The molecule has 2 aromatic rings. The fourth-order valence-corrected chi connectivity index (χ4v) is 2.99. The minimum Gasteiger partial charge on any atom is -0.369 e. The maximum atomic E-state index is 11.0. The quantitative estimate of drug-likeness (QED) is 0.889. The lowest BCUT2D eigenvalue weighted by molar-refractivity contribution is -0.119. The topological polar surface area (TPSA) is 84.1 Å². The number of rotatable bonds is 4. The molecule has 0 spiro atoms. The number of hydrogen-bond acceptors (Lipinski definition) is 5. The Kier molecular flexibility index (Phi) is 4.20. The highest BCUT2D eigenvalue weighted by molar-refractivity contribution is 5.92. The number of likely N-dealkylation sites (tertiary alicyclic amines) is 1. The summed E-state index contributed by atoms with van der Waals surface area (Å²) in [5.74, 6) is 0.580. The molecule has 116 valence electrons. The number of aromatic nitrogens is 2. The smallest absolute Gasteiger partial charge is 0.231 e. The number of carbonyl (C=O) groups is 1. The van der Waals surface area contributed by atoms with Crippen LogP contribution in [0, 0.1) is 6.92 Å². The van der Waals surface area contributed by atoms with E-state index >= 15 is 0 Å². The average molecular weight is 299 g/mol. The first-order chi connectivity index (χ1) is 10.6. The van der Waals surface area contributed by atoms with Gasteiger partial charge in [-0.1, -0.05) is 24.3 Å². The van der Waals surface area contributed by atoms with Gasteiger partial charge in [-0.15, -0.1) is 5.10 Å². The lowest BCUT2D eigenvalue weighted by Crippen LogP contribution is -2.43. The molecule has 0 atom stereocenters. The molecule has 6 nitrogen and oxygen atoms in total. The molecule has 2 heterocycles. The van der Waals surface area contributed by atoms with Crippen LogP contribution in [0.2, 0.25) is 0 Å². The van der Waals surface area contributed by atoms with Crippen LogP contribution in [-0.2, 0) is 4.79 Å². The number of primary amides is 1. The number of aryl methyl sites for hydroxylation is 1. The van der Waals surface area contributed by atoms with Gasteiger partial charge in [-0.3, -0.25) is 9.69 Å². The third-order valence-electron chi connectivity index (χ3n) is 4.18. The molecule has 6 heteroatoms. The van der Waals surface area contributed by atoms with Crippen LogP contribution in [0.3, 0.4) is 0 Å². The highest BCUT2D eigenvalue weighted by Crippen LogP contribution is 2.24. The van der Waals surface area contributed by atoms with Crippen LogP contribution in [0.25, 0.3) is 10.8 Å². The minimum atomic E-state index is -0.262. The summed E-state index contributed by atoms with van der Waals surface area (Å²) in [7, 11) is 0. The zero-order valence-corrected chi connectivity index (χ0v) is 12.7. The van der Waals surface area contributed by atoms with Crippen molar-refractivity contribution in [1.29, 1.82) is 0 Å². The Morgan fingerprint density at radius 3 is 2.64 bits per heavy atom. The van der Waals surface area contributed by atoms with Crippen molar-refractivity contribution in [3.05, 3.63) is 30.0 Å². The lowest BCUT2D eigenvalue weighted by Gasteiger charge is -2.31. The van der Waals surface area contributed by atoms with E-state index in [1.165, 1.54) is 0 Å². The van der Waals surface area contributed by atoms with Gasteiger partial charge in [0.05, 0.1) is 12.2 Å². The number of hydrogen-bond donors (Lipinski definition) is 2. The first-order valence-electron chi connectivity index (χ1n) is 7.62. The number of fused-ring (bicyclic) bond motifs is 1. The summed E-state index contributed by atoms with van der Waals surface area (Å²) >= 11 is 0. The first-order valence-corrected chi connectivity index (χ1v) is 7.62. The maximum Gasteiger partial charge on any atom is 0.231 e. The van der Waals surface area contributed by atoms with Crippen molar-refractivity contribution in [2.24, 2.45) is 5.73 Å². The Hall–Kier alpha value is -2.21. The molecule has 0 unspecified atom stereocenters. The van der Waals surface area contributed by atoms with Crippen molar-refractivity contribution in [2.75, 3.05) is 25.0 Å². The number of nitrogens with two attached hydrogens (primary N) is 1. The van der Waals surface area contributed by atoms with E-state index in [0.29, 0.717) is 12.6 Å². The van der Waals surface area contributed by atoms with Crippen molar-refractivity contribution >= 4 is 22.5 Å². The summed E-state index contributed by atoms with van der Waals surface area (Å²) in [6.07, 6.45) is 1.94. The van der Waals surface area contributed by atoms with Crippen LogP contribution in [0.5, 0.6) is 0 Å². The second-order valence-corrected chi connectivity index (χ2v) is 5.84. The number of piperidine rings is 1. The molecule has 0 saturated carbocycles. The Labute approximate surface area is 129 Å². The normalized spacial score (nSPS) is 16.8. The van der Waals surface area contributed by atoms with Crippen molar-refractivity contribution in [3.8, 4) is 0 Å². The molecule has 3 rings (SSSR count). The zero-order valence-electron chi connectivity index (χ0n) is 12.7. The standard InChI is InChI=1S/C16H21N5O/c1-11-13-4-2-3-5-14(13)16(20-19-11)18-12-6-8-21(9-7-12)10-15(17)22/h2-5,12H,6-10H2,1H3,(H2,17,22)(H,18,20). The van der Waals surface area contributed by atoms with Gasteiger partial charge in [0.1, 0.15) is 0 Å². The van der Waals surface area contributed by atoms with Crippen LogP contribution in [0.15, 0.2) is 24.3 Å². The van der Waals surface area contributed by atoms with E-state index in [1.807, 2.05) is 19.1 Å². The Balaban J connectivity index is 1.70. The van der Waals surface area contributed by atoms with Gasteiger partial charge in [-0.05, 0) is 19.8 Å². The molecule has 0 aliphatic carbocycles. The number of nitrogens with one attached hydrogen (secondary N) is 1. The second-order valence-electron chi connectivity index (χ2n) is 5.84. The minimum absolute atomic E-state index is 0.262.